The zero-order chi connectivity index (χ0) is 23.3. The summed E-state index contributed by atoms with van der Waals surface area (Å²) in [6.45, 7) is 3.99. The Morgan fingerprint density at radius 3 is 2.44 bits per heavy atom. The quantitative estimate of drug-likeness (QED) is 0.636. The zero-order valence-corrected chi connectivity index (χ0v) is 19.3. The molecule has 0 radical (unpaired) electrons. The molecule has 1 aliphatic heterocycles. The number of piperidine rings is 1. The Balaban J connectivity index is 1.69. The average molecular weight is 461 g/mol. The predicted molar refractivity (Wildman–Crippen MR) is 120 cm³/mol. The predicted octanol–water partition coefficient (Wildman–Crippen LogP) is 3.28. The number of carbonyl (C=O) groups is 2. The van der Waals surface area contributed by atoms with E-state index in [-0.39, 0.29) is 10.5 Å². The van der Waals surface area contributed by atoms with Crippen molar-refractivity contribution < 1.29 is 27.5 Å². The highest BCUT2D eigenvalue weighted by Crippen LogP contribution is 2.25. The molecule has 1 saturated heterocycles. The number of nitrogens with one attached hydrogen (secondary N) is 1. The second-order valence-electron chi connectivity index (χ2n) is 7.77. The number of hydrogen-bond donors (Lipinski definition) is 1. The summed E-state index contributed by atoms with van der Waals surface area (Å²) in [5, 5.41) is 2.66. The van der Waals surface area contributed by atoms with Crippen molar-refractivity contribution in [2.75, 3.05) is 32.1 Å². The number of benzene rings is 2. The van der Waals surface area contributed by atoms with Gasteiger partial charge in [-0.05, 0) is 62.1 Å². The summed E-state index contributed by atoms with van der Waals surface area (Å²) in [5.41, 5.74) is 2.08. The Morgan fingerprint density at radius 2 is 1.75 bits per heavy atom. The molecular formula is C23H28N2O6S. The van der Waals surface area contributed by atoms with E-state index < -0.39 is 28.5 Å². The van der Waals surface area contributed by atoms with E-state index in [4.69, 9.17) is 9.47 Å². The first-order valence-corrected chi connectivity index (χ1v) is 11.9. The molecule has 172 valence electrons. The monoisotopic (exact) mass is 460 g/mol. The minimum atomic E-state index is -3.69. The average Bonchev–Trinajstić information content (AvgIpc) is 2.78. The van der Waals surface area contributed by atoms with Crippen molar-refractivity contribution in [1.29, 1.82) is 0 Å². The molecule has 1 fully saturated rings. The van der Waals surface area contributed by atoms with Crippen molar-refractivity contribution in [3.05, 3.63) is 53.1 Å². The molecule has 1 heterocycles. The Labute approximate surface area is 188 Å². The molecule has 0 spiro atoms. The Bertz CT molecular complexity index is 1110. The van der Waals surface area contributed by atoms with E-state index in [0.29, 0.717) is 30.1 Å². The van der Waals surface area contributed by atoms with Crippen LogP contribution in [0.2, 0.25) is 0 Å². The van der Waals surface area contributed by atoms with Gasteiger partial charge in [0, 0.05) is 13.1 Å². The van der Waals surface area contributed by atoms with Crippen LogP contribution in [-0.4, -0.2) is 51.4 Å². The highest BCUT2D eigenvalue weighted by molar-refractivity contribution is 7.89. The molecule has 0 aliphatic carbocycles. The van der Waals surface area contributed by atoms with E-state index in [9.17, 15) is 18.0 Å². The van der Waals surface area contributed by atoms with Crippen LogP contribution in [0.5, 0.6) is 5.75 Å². The van der Waals surface area contributed by atoms with Crippen molar-refractivity contribution in [1.82, 2.24) is 4.31 Å². The molecule has 8 nitrogen and oxygen atoms in total. The maximum atomic E-state index is 12.9. The minimum absolute atomic E-state index is 0.0471. The van der Waals surface area contributed by atoms with Gasteiger partial charge in [0.25, 0.3) is 5.91 Å². The number of rotatable bonds is 7. The van der Waals surface area contributed by atoms with Gasteiger partial charge in [0.05, 0.1) is 23.3 Å². The summed E-state index contributed by atoms with van der Waals surface area (Å²) >= 11 is 0. The van der Waals surface area contributed by atoms with E-state index in [0.717, 1.165) is 24.8 Å². The molecule has 0 aromatic heterocycles. The lowest BCUT2D eigenvalue weighted by atomic mass is 10.1. The Kier molecular flexibility index (Phi) is 7.52. The van der Waals surface area contributed by atoms with E-state index >= 15 is 0 Å². The van der Waals surface area contributed by atoms with Crippen molar-refractivity contribution in [2.24, 2.45) is 0 Å². The maximum absolute atomic E-state index is 12.9. The summed E-state index contributed by atoms with van der Waals surface area (Å²) in [5.74, 6) is -0.803. The second-order valence-corrected chi connectivity index (χ2v) is 9.71. The minimum Gasteiger partial charge on any atom is -0.495 e. The lowest BCUT2D eigenvalue weighted by Gasteiger charge is -2.26. The van der Waals surface area contributed by atoms with Gasteiger partial charge in [-0.2, -0.15) is 4.31 Å². The van der Waals surface area contributed by atoms with Crippen LogP contribution >= 0.6 is 0 Å². The van der Waals surface area contributed by atoms with Crippen molar-refractivity contribution in [3.8, 4) is 5.75 Å². The van der Waals surface area contributed by atoms with Gasteiger partial charge >= 0.3 is 5.97 Å². The molecule has 1 aliphatic rings. The second kappa shape index (κ2) is 10.1. The molecule has 1 N–H and O–H groups in total. The molecule has 1 amide bonds. The third kappa shape index (κ3) is 5.46. The molecule has 0 saturated carbocycles. The van der Waals surface area contributed by atoms with Gasteiger partial charge in [0.1, 0.15) is 5.75 Å². The third-order valence-electron chi connectivity index (χ3n) is 5.35. The Hall–Kier alpha value is -2.91. The van der Waals surface area contributed by atoms with Gasteiger partial charge in [-0.15, -0.1) is 0 Å². The van der Waals surface area contributed by atoms with Crippen LogP contribution < -0.4 is 10.1 Å². The van der Waals surface area contributed by atoms with Gasteiger partial charge in [-0.25, -0.2) is 13.2 Å². The number of carbonyl (C=O) groups excluding carboxylic acids is 2. The van der Waals surface area contributed by atoms with Crippen LogP contribution in [0, 0.1) is 13.8 Å². The molecule has 3 rings (SSSR count). The van der Waals surface area contributed by atoms with Crippen LogP contribution in [0.3, 0.4) is 0 Å². The number of anilines is 1. The van der Waals surface area contributed by atoms with Gasteiger partial charge in [-0.3, -0.25) is 4.79 Å². The number of ether oxygens (including phenoxy) is 2. The number of methoxy groups -OCH3 is 1. The molecule has 32 heavy (non-hydrogen) atoms. The SMILES string of the molecule is COc1ccc(C)cc1NC(=O)COC(=O)c1cc(S(=O)(=O)N2CCCCC2)ccc1C. The highest BCUT2D eigenvalue weighted by Gasteiger charge is 2.27. The van der Waals surface area contributed by atoms with Gasteiger partial charge < -0.3 is 14.8 Å². The number of sulfonamides is 1. The first-order valence-electron chi connectivity index (χ1n) is 10.4. The normalized spacial score (nSPS) is 14.6. The smallest absolute Gasteiger partial charge is 0.338 e. The topological polar surface area (TPSA) is 102 Å². The fraction of sp³-hybridized carbons (Fsp3) is 0.391. The van der Waals surface area contributed by atoms with Crippen molar-refractivity contribution in [2.45, 2.75) is 38.0 Å². The molecule has 9 heteroatoms. The number of nitrogens with zero attached hydrogens (tertiary/aromatic N) is 1. The number of amides is 1. The first-order chi connectivity index (χ1) is 15.2. The van der Waals surface area contributed by atoms with Crippen LogP contribution in [0.25, 0.3) is 0 Å². The first kappa shape index (κ1) is 23.7. The van der Waals surface area contributed by atoms with E-state index in [1.54, 1.807) is 25.1 Å². The van der Waals surface area contributed by atoms with Gasteiger partial charge in [0.15, 0.2) is 6.61 Å². The Morgan fingerprint density at radius 1 is 1.03 bits per heavy atom. The van der Waals surface area contributed by atoms with Crippen LogP contribution in [0.15, 0.2) is 41.3 Å². The molecule has 0 bridgehead atoms. The molecule has 0 unspecified atom stereocenters. The maximum Gasteiger partial charge on any atom is 0.338 e. The van der Waals surface area contributed by atoms with E-state index in [2.05, 4.69) is 5.32 Å². The standard InChI is InChI=1S/C23H28N2O6S/c1-16-7-10-21(30-3)20(13-16)24-22(26)15-31-23(27)19-14-18(9-8-17(19)2)32(28,29)25-11-5-4-6-12-25/h7-10,13-14H,4-6,11-12,15H2,1-3H3,(H,24,26). The summed E-state index contributed by atoms with van der Waals surface area (Å²) in [6.07, 6.45) is 2.65. The number of aryl methyl sites for hydroxylation is 2. The zero-order valence-electron chi connectivity index (χ0n) is 18.5. The lowest BCUT2D eigenvalue weighted by molar-refractivity contribution is -0.119. The molecule has 2 aromatic rings. The van der Waals surface area contributed by atoms with Crippen molar-refractivity contribution >= 4 is 27.6 Å². The largest absolute Gasteiger partial charge is 0.495 e. The van der Waals surface area contributed by atoms with Gasteiger partial charge in [-0.1, -0.05) is 18.6 Å². The van der Waals surface area contributed by atoms with Crippen LogP contribution in [0.1, 0.15) is 40.7 Å². The summed E-state index contributed by atoms with van der Waals surface area (Å²) in [4.78, 5) is 25.0. The fourth-order valence-corrected chi connectivity index (χ4v) is 5.09. The molecule has 0 atom stereocenters. The fourth-order valence-electron chi connectivity index (χ4n) is 3.55. The van der Waals surface area contributed by atoms with Crippen LogP contribution in [-0.2, 0) is 19.6 Å². The third-order valence-corrected chi connectivity index (χ3v) is 7.24. The molecular weight excluding hydrogens is 432 g/mol. The highest BCUT2D eigenvalue weighted by atomic mass is 32.2. The lowest BCUT2D eigenvalue weighted by Crippen LogP contribution is -2.35. The van der Waals surface area contributed by atoms with Gasteiger partial charge in [0.2, 0.25) is 10.0 Å². The summed E-state index contributed by atoms with van der Waals surface area (Å²) in [7, 11) is -2.19. The van der Waals surface area contributed by atoms with Crippen molar-refractivity contribution in [3.63, 3.8) is 0 Å². The van der Waals surface area contributed by atoms with Crippen LogP contribution in [0.4, 0.5) is 5.69 Å². The summed E-state index contributed by atoms with van der Waals surface area (Å²) < 4.78 is 37.7. The van der Waals surface area contributed by atoms with E-state index in [1.807, 2.05) is 13.0 Å². The van der Waals surface area contributed by atoms with E-state index in [1.165, 1.54) is 23.5 Å². The number of hydrogen-bond acceptors (Lipinski definition) is 6. The molecule has 2 aromatic carbocycles. The number of esters is 1. The summed E-state index contributed by atoms with van der Waals surface area (Å²) in [6, 6.07) is 9.72.